The Labute approximate surface area is 621 Å². The van der Waals surface area contributed by atoms with E-state index < -0.39 is 55.3 Å². The number of terminal acetylenes is 2. The summed E-state index contributed by atoms with van der Waals surface area (Å²) in [4.78, 5) is 0. The molecule has 510 valence electrons. The van der Waals surface area contributed by atoms with E-state index in [0.717, 1.165) is 0 Å². The molecule has 0 saturated carbocycles. The first kappa shape index (κ1) is 84.4. The van der Waals surface area contributed by atoms with E-state index in [4.69, 9.17) is 12.8 Å². The standard InChI is InChI=1S/3C25H22P2.2C4H.3Cu.F6P/c3*1-5-13-22(14-6-1)26(23-15-7-2-8-16-23)21-27(24-17-9-3-10-18-24)25-19-11-4-12-20-25;2*1-3-4-2;;;;1-7(2,3,4,5)6/h3*1-20H,21H2;2*1H;;;;/q;;;2*-1;3*+1;-1. The van der Waals surface area contributed by atoms with Crippen molar-refractivity contribution in [2.75, 3.05) is 17.7 Å². The van der Waals surface area contributed by atoms with Gasteiger partial charge in [0.25, 0.3) is 0 Å². The summed E-state index contributed by atoms with van der Waals surface area (Å²) in [6, 6.07) is 132. The number of halogens is 6. The molecule has 0 bridgehead atoms. The Morgan fingerprint density at radius 2 is 0.283 bits per heavy atom. The average Bonchev–Trinajstić information content (AvgIpc) is 0.814. The first-order chi connectivity index (χ1) is 46.5. The molecule has 0 aliphatic carbocycles. The first-order valence-electron chi connectivity index (χ1n) is 30.1. The number of hydrogen-bond acceptors (Lipinski definition) is 0. The van der Waals surface area contributed by atoms with E-state index >= 15 is 0 Å². The van der Waals surface area contributed by atoms with Crippen LogP contribution in [0.4, 0.5) is 25.2 Å². The van der Waals surface area contributed by atoms with E-state index in [-0.39, 0.29) is 51.2 Å². The first-order valence-corrected chi connectivity index (χ1v) is 41.3. The quantitative estimate of drug-likeness (QED) is 0.0264. The molecular formula is C83H68Cu3F6P7. The minimum atomic E-state index is -10.7. The molecule has 0 aliphatic rings. The number of benzene rings is 12. The van der Waals surface area contributed by atoms with Crippen molar-refractivity contribution in [2.24, 2.45) is 0 Å². The van der Waals surface area contributed by atoms with Gasteiger partial charge in [0.2, 0.25) is 0 Å². The molecule has 0 heterocycles. The molecule has 0 unspecified atom stereocenters. The Morgan fingerprint density at radius 1 is 0.212 bits per heavy atom. The van der Waals surface area contributed by atoms with Crippen LogP contribution in [-0.4, -0.2) is 17.7 Å². The van der Waals surface area contributed by atoms with Crippen LogP contribution in [0.25, 0.3) is 0 Å². The van der Waals surface area contributed by atoms with Crippen molar-refractivity contribution >= 4 is 119 Å². The van der Waals surface area contributed by atoms with Gasteiger partial charge in [0.15, 0.2) is 0 Å². The Morgan fingerprint density at radius 3 is 0.343 bits per heavy atom. The predicted octanol–water partition coefficient (Wildman–Crippen LogP) is 19.4. The van der Waals surface area contributed by atoms with Crippen molar-refractivity contribution in [3.05, 3.63) is 377 Å². The van der Waals surface area contributed by atoms with Crippen LogP contribution in [0.2, 0.25) is 0 Å². The zero-order valence-electron chi connectivity index (χ0n) is 53.2. The third-order valence-corrected chi connectivity index (χ3v) is 31.7. The normalized spacial score (nSPS) is 10.9. The maximum atomic E-state index is 9.87. The molecule has 0 aliphatic heterocycles. The molecule has 0 N–H and O–H groups in total. The number of rotatable bonds is 18. The van der Waals surface area contributed by atoms with Crippen LogP contribution >= 0.6 is 55.3 Å². The van der Waals surface area contributed by atoms with Gasteiger partial charge < -0.3 is 12.8 Å². The maximum absolute atomic E-state index is 10.7. The molecule has 0 fully saturated rings. The van der Waals surface area contributed by atoms with Gasteiger partial charge in [0, 0.05) is 17.7 Å². The van der Waals surface area contributed by atoms with Gasteiger partial charge in [0.05, 0.1) is 0 Å². The van der Waals surface area contributed by atoms with Crippen molar-refractivity contribution in [3.8, 4) is 36.5 Å². The SMILES string of the molecule is F[P-](F)(F)(F)(F)F.[C-]#CC#C.[C-]#CC#C.[Cu+].[Cu+].[Cu+].c1ccc(P(CP(c2ccccc2)c2ccccc2)c2ccccc2)cc1.c1ccc(P(CP(c2ccccc2)c2ccccc2)c2ccccc2)cc1.c1ccc(P(CP(c2ccccc2)c2ccccc2)c2ccccc2)cc1. The monoisotopic (exact) mass is 1580 g/mol. The van der Waals surface area contributed by atoms with Crippen LogP contribution < -0.4 is 63.7 Å². The minimum Gasteiger partial charge on any atom is -0.358 e. The fraction of sp³-hybridized carbons (Fsp3) is 0.0361. The van der Waals surface area contributed by atoms with Crippen LogP contribution in [0.5, 0.6) is 0 Å². The molecular weight excluding hydrogens is 1520 g/mol. The topological polar surface area (TPSA) is 0 Å². The zero-order valence-corrected chi connectivity index (χ0v) is 62.3. The molecule has 0 nitrogen and oxygen atoms in total. The van der Waals surface area contributed by atoms with Gasteiger partial charge in [-0.15, -0.1) is 0 Å². The summed E-state index contributed by atoms with van der Waals surface area (Å²) in [7, 11) is -13.1. The average molecular weight is 1590 g/mol. The van der Waals surface area contributed by atoms with Crippen LogP contribution in [0.1, 0.15) is 0 Å². The van der Waals surface area contributed by atoms with Crippen LogP contribution in [0, 0.1) is 49.4 Å². The Balaban J connectivity index is 0.000000281. The second kappa shape index (κ2) is 44.3. The molecule has 16 heteroatoms. The zero-order chi connectivity index (χ0) is 68.2. The third kappa shape index (κ3) is 31.6. The molecule has 12 rings (SSSR count). The van der Waals surface area contributed by atoms with Gasteiger partial charge in [-0.2, -0.15) is 0 Å². The van der Waals surface area contributed by atoms with Gasteiger partial charge >= 0.3 is 84.2 Å². The van der Waals surface area contributed by atoms with E-state index in [1.165, 1.54) is 81.4 Å². The third-order valence-electron chi connectivity index (χ3n) is 13.8. The largest absolute Gasteiger partial charge is 1.00 e. The summed E-state index contributed by atoms with van der Waals surface area (Å²) >= 11 is 0. The fourth-order valence-electron chi connectivity index (χ4n) is 9.59. The summed E-state index contributed by atoms with van der Waals surface area (Å²) in [6.45, 7) is 0. The van der Waals surface area contributed by atoms with E-state index in [1.807, 2.05) is 11.8 Å². The van der Waals surface area contributed by atoms with E-state index in [1.54, 1.807) is 11.8 Å². The molecule has 0 aromatic heterocycles. The molecule has 0 radical (unpaired) electrons. The molecule has 0 atom stereocenters. The van der Waals surface area contributed by atoms with Gasteiger partial charge in [-0.25, -0.2) is 12.8 Å². The molecule has 12 aromatic rings. The van der Waals surface area contributed by atoms with Crippen molar-refractivity contribution < 1.29 is 76.4 Å². The maximum Gasteiger partial charge on any atom is 1.00 e. The second-order valence-corrected chi connectivity index (χ2v) is 37.2. The number of hydrogen-bond donors (Lipinski definition) is 0. The predicted molar refractivity (Wildman–Crippen MR) is 415 cm³/mol. The Hall–Kier alpha value is -6.97. The van der Waals surface area contributed by atoms with Gasteiger partial charge in [0.1, 0.15) is 0 Å². The van der Waals surface area contributed by atoms with Crippen molar-refractivity contribution in [1.29, 1.82) is 0 Å². The van der Waals surface area contributed by atoms with Gasteiger partial charge in [-0.05, 0) is 111 Å². The Kier molecular flexibility index (Phi) is 37.8. The summed E-state index contributed by atoms with van der Waals surface area (Å²) in [5, 5.41) is 17.5. The summed E-state index contributed by atoms with van der Waals surface area (Å²) in [5.41, 5.74) is 0. The minimum absolute atomic E-state index is 0. The molecule has 99 heavy (non-hydrogen) atoms. The van der Waals surface area contributed by atoms with E-state index in [0.29, 0.717) is 0 Å². The van der Waals surface area contributed by atoms with Crippen molar-refractivity contribution in [2.45, 2.75) is 0 Å². The Bertz CT molecular complexity index is 3380. The van der Waals surface area contributed by atoms with Crippen LogP contribution in [0.3, 0.4) is 0 Å². The van der Waals surface area contributed by atoms with E-state index in [2.05, 4.69) is 377 Å². The van der Waals surface area contributed by atoms with Crippen molar-refractivity contribution in [3.63, 3.8) is 0 Å². The summed E-state index contributed by atoms with van der Waals surface area (Å²) < 4.78 is 59.2. The van der Waals surface area contributed by atoms with Gasteiger partial charge in [-0.3, -0.25) is 23.7 Å². The van der Waals surface area contributed by atoms with Gasteiger partial charge in [-0.1, -0.05) is 364 Å². The fourth-order valence-corrected chi connectivity index (χ4v) is 29.0. The molecule has 12 aromatic carbocycles. The summed E-state index contributed by atoms with van der Waals surface area (Å²) in [6.07, 6.45) is 20.9. The van der Waals surface area contributed by atoms with Crippen molar-refractivity contribution in [1.82, 2.24) is 0 Å². The molecule has 0 saturated heterocycles. The summed E-state index contributed by atoms with van der Waals surface area (Å²) in [5.74, 6) is 10.6. The second-order valence-electron chi connectivity index (χ2n) is 20.5. The molecule has 0 amide bonds. The van der Waals surface area contributed by atoms with Crippen LogP contribution in [0.15, 0.2) is 364 Å². The smallest absolute Gasteiger partial charge is 0.358 e. The van der Waals surface area contributed by atoms with Crippen LogP contribution in [-0.2, 0) is 51.2 Å². The van der Waals surface area contributed by atoms with E-state index in [9.17, 15) is 25.2 Å². The molecule has 0 spiro atoms.